The van der Waals surface area contributed by atoms with Crippen LogP contribution in [0.4, 0.5) is 0 Å². The Morgan fingerprint density at radius 3 is 1.54 bits per heavy atom. The zero-order valence-corrected chi connectivity index (χ0v) is 14.8. The molecule has 0 aliphatic carbocycles. The smallest absolute Gasteiger partial charge is 0.124 e. The van der Waals surface area contributed by atoms with Crippen LogP contribution in [0, 0.1) is 0 Å². The third-order valence-corrected chi connectivity index (χ3v) is 5.39. The van der Waals surface area contributed by atoms with Crippen LogP contribution in [0.25, 0.3) is 0 Å². The second-order valence-electron chi connectivity index (χ2n) is 4.83. The molecule has 24 heavy (non-hydrogen) atoms. The van der Waals surface area contributed by atoms with Gasteiger partial charge < -0.3 is 10.2 Å². The highest BCUT2D eigenvalue weighted by atomic mass is 33.1. The van der Waals surface area contributed by atoms with E-state index in [4.69, 9.17) is 0 Å². The zero-order valence-electron chi connectivity index (χ0n) is 13.2. The summed E-state index contributed by atoms with van der Waals surface area (Å²) in [6.07, 6.45) is 3.41. The summed E-state index contributed by atoms with van der Waals surface area (Å²) in [5.74, 6) is 2.34. The monoisotopic (exact) mass is 360 g/mol. The molecule has 0 bridgehead atoms. The molecular weight excluding hydrogens is 340 g/mol. The van der Waals surface area contributed by atoms with Crippen molar-refractivity contribution in [2.24, 2.45) is 9.98 Å². The van der Waals surface area contributed by atoms with Crippen LogP contribution in [0.5, 0.6) is 11.5 Å². The Labute approximate surface area is 150 Å². The predicted octanol–water partition coefficient (Wildman–Crippen LogP) is 4.02. The summed E-state index contributed by atoms with van der Waals surface area (Å²) in [6, 6.07) is 14.3. The maximum Gasteiger partial charge on any atom is 0.124 e. The second-order valence-corrected chi connectivity index (χ2v) is 7.53. The lowest BCUT2D eigenvalue weighted by Crippen LogP contribution is -1.89. The van der Waals surface area contributed by atoms with Crippen LogP contribution >= 0.6 is 21.6 Å². The molecule has 2 aromatic rings. The second kappa shape index (κ2) is 10.8. The van der Waals surface area contributed by atoms with Gasteiger partial charge in [-0.3, -0.25) is 9.98 Å². The minimum Gasteiger partial charge on any atom is -0.507 e. The van der Waals surface area contributed by atoms with Crippen molar-refractivity contribution in [3.05, 3.63) is 59.7 Å². The fourth-order valence-corrected chi connectivity index (χ4v) is 3.57. The van der Waals surface area contributed by atoms with Crippen molar-refractivity contribution < 1.29 is 10.2 Å². The molecule has 2 N–H and O–H groups in total. The van der Waals surface area contributed by atoms with Crippen LogP contribution < -0.4 is 0 Å². The Morgan fingerprint density at radius 2 is 1.12 bits per heavy atom. The third kappa shape index (κ3) is 6.68. The maximum atomic E-state index is 9.60. The molecule has 0 saturated heterocycles. The van der Waals surface area contributed by atoms with Crippen LogP contribution in [-0.4, -0.2) is 47.2 Å². The minimum absolute atomic E-state index is 0.255. The van der Waals surface area contributed by atoms with Crippen LogP contribution in [-0.2, 0) is 0 Å². The number of rotatable bonds is 9. The molecular formula is C18H20N2O2S2. The number of hydrogen-bond acceptors (Lipinski definition) is 6. The third-order valence-electron chi connectivity index (χ3n) is 3.03. The number of benzene rings is 2. The molecule has 0 aliphatic heterocycles. The summed E-state index contributed by atoms with van der Waals surface area (Å²) in [7, 11) is 3.52. The summed E-state index contributed by atoms with van der Waals surface area (Å²) in [4.78, 5) is 8.62. The largest absolute Gasteiger partial charge is 0.507 e. The van der Waals surface area contributed by atoms with Crippen LogP contribution in [0.1, 0.15) is 11.1 Å². The molecule has 0 radical (unpaired) electrons. The summed E-state index contributed by atoms with van der Waals surface area (Å²) in [5, 5.41) is 19.2. The van der Waals surface area contributed by atoms with E-state index in [1.54, 1.807) is 58.3 Å². The molecule has 0 aliphatic rings. The first-order chi connectivity index (χ1) is 11.8. The molecule has 0 atom stereocenters. The van der Waals surface area contributed by atoms with E-state index >= 15 is 0 Å². The Balaban J connectivity index is 1.54. The van der Waals surface area contributed by atoms with Gasteiger partial charge in [-0.15, -0.1) is 0 Å². The number of para-hydroxylation sites is 2. The van der Waals surface area contributed by atoms with E-state index in [1.807, 2.05) is 24.3 Å². The molecule has 2 rings (SSSR count). The van der Waals surface area contributed by atoms with Crippen LogP contribution in [0.2, 0.25) is 0 Å². The quantitative estimate of drug-likeness (QED) is 0.403. The fraction of sp³-hybridized carbons (Fsp3) is 0.222. The lowest BCUT2D eigenvalue weighted by Gasteiger charge is -1.99. The van der Waals surface area contributed by atoms with Crippen molar-refractivity contribution in [3.8, 4) is 11.5 Å². The Morgan fingerprint density at radius 1 is 0.708 bits per heavy atom. The average Bonchev–Trinajstić information content (AvgIpc) is 2.59. The van der Waals surface area contributed by atoms with Crippen molar-refractivity contribution in [1.82, 2.24) is 0 Å². The normalized spacial score (nSPS) is 11.5. The zero-order chi connectivity index (χ0) is 17.0. The van der Waals surface area contributed by atoms with Crippen molar-refractivity contribution >= 4 is 34.0 Å². The fourth-order valence-electron chi connectivity index (χ4n) is 1.82. The van der Waals surface area contributed by atoms with Gasteiger partial charge in [-0.1, -0.05) is 45.9 Å². The van der Waals surface area contributed by atoms with Crippen LogP contribution in [0.15, 0.2) is 58.5 Å². The van der Waals surface area contributed by atoms with Gasteiger partial charge in [0.2, 0.25) is 0 Å². The molecule has 6 heteroatoms. The van der Waals surface area contributed by atoms with Gasteiger partial charge in [0.05, 0.1) is 0 Å². The van der Waals surface area contributed by atoms with Crippen molar-refractivity contribution in [2.75, 3.05) is 24.6 Å². The molecule has 2 aromatic carbocycles. The molecule has 0 heterocycles. The van der Waals surface area contributed by atoms with Gasteiger partial charge in [0.1, 0.15) is 11.5 Å². The lowest BCUT2D eigenvalue weighted by atomic mass is 10.2. The van der Waals surface area contributed by atoms with Crippen molar-refractivity contribution in [3.63, 3.8) is 0 Å². The van der Waals surface area contributed by atoms with Crippen molar-refractivity contribution in [2.45, 2.75) is 0 Å². The maximum absolute atomic E-state index is 9.60. The minimum atomic E-state index is 0.255. The standard InChI is InChI=1S/C18H20N2O2S2/c21-17-7-3-1-5-15(17)13-19-9-11-23-24-12-10-20-14-16-6-2-4-8-18(16)22/h1-8,13-14,21-22H,9-12H2/b19-13-,20-14-. The highest BCUT2D eigenvalue weighted by Gasteiger charge is 1.95. The number of phenols is 2. The van der Waals surface area contributed by atoms with Gasteiger partial charge in [0, 0.05) is 48.2 Å². The predicted molar refractivity (Wildman–Crippen MR) is 106 cm³/mol. The summed E-state index contributed by atoms with van der Waals surface area (Å²) in [5.41, 5.74) is 1.49. The van der Waals surface area contributed by atoms with E-state index in [1.165, 1.54) is 0 Å². The number of aliphatic imine (C=N–C) groups is 2. The lowest BCUT2D eigenvalue weighted by molar-refractivity contribution is 0.474. The molecule has 0 fully saturated rings. The molecule has 0 unspecified atom stereocenters. The highest BCUT2D eigenvalue weighted by molar-refractivity contribution is 8.76. The van der Waals surface area contributed by atoms with E-state index in [-0.39, 0.29) is 11.5 Å². The van der Waals surface area contributed by atoms with Gasteiger partial charge in [0.25, 0.3) is 0 Å². The topological polar surface area (TPSA) is 65.2 Å². The van der Waals surface area contributed by atoms with E-state index < -0.39 is 0 Å². The van der Waals surface area contributed by atoms with E-state index in [0.29, 0.717) is 13.1 Å². The summed E-state index contributed by atoms with van der Waals surface area (Å²) in [6.45, 7) is 1.43. The highest BCUT2D eigenvalue weighted by Crippen LogP contribution is 2.20. The first-order valence-corrected chi connectivity index (χ1v) is 10.1. The number of nitrogens with zero attached hydrogens (tertiary/aromatic N) is 2. The summed E-state index contributed by atoms with van der Waals surface area (Å²) >= 11 is 0. The first-order valence-electron chi connectivity index (χ1n) is 7.57. The molecule has 0 aromatic heterocycles. The Bertz CT molecular complexity index is 631. The van der Waals surface area contributed by atoms with Gasteiger partial charge in [-0.05, 0) is 24.3 Å². The molecule has 0 spiro atoms. The van der Waals surface area contributed by atoms with Crippen molar-refractivity contribution in [1.29, 1.82) is 0 Å². The number of phenolic OH excluding ortho intramolecular Hbond substituents is 2. The first kappa shape index (κ1) is 18.4. The molecule has 0 amide bonds. The molecule has 126 valence electrons. The number of hydrogen-bond donors (Lipinski definition) is 2. The molecule has 0 saturated carbocycles. The average molecular weight is 361 g/mol. The van der Waals surface area contributed by atoms with Gasteiger partial charge in [-0.25, -0.2) is 0 Å². The van der Waals surface area contributed by atoms with E-state index in [2.05, 4.69) is 9.98 Å². The van der Waals surface area contributed by atoms with Gasteiger partial charge >= 0.3 is 0 Å². The van der Waals surface area contributed by atoms with E-state index in [9.17, 15) is 10.2 Å². The SMILES string of the molecule is Oc1ccccc1/C=N\CCSSCC/N=C\c1ccccc1O. The Kier molecular flexibility index (Phi) is 8.27. The number of aromatic hydroxyl groups is 2. The van der Waals surface area contributed by atoms with Gasteiger partial charge in [-0.2, -0.15) is 0 Å². The Hall–Kier alpha value is -1.92. The van der Waals surface area contributed by atoms with Crippen LogP contribution in [0.3, 0.4) is 0 Å². The van der Waals surface area contributed by atoms with Gasteiger partial charge in [0.15, 0.2) is 0 Å². The van der Waals surface area contributed by atoms with E-state index in [0.717, 1.165) is 22.6 Å². The summed E-state index contributed by atoms with van der Waals surface area (Å²) < 4.78 is 0. The molecule has 4 nitrogen and oxygen atoms in total.